The Labute approximate surface area is 150 Å². The Morgan fingerprint density at radius 1 is 1.44 bits per heavy atom. The summed E-state index contributed by atoms with van der Waals surface area (Å²) in [5.41, 5.74) is 1.10. The van der Waals surface area contributed by atoms with Gasteiger partial charge in [0.2, 0.25) is 0 Å². The smallest absolute Gasteiger partial charge is 0.250 e. The number of hydrogen-bond acceptors (Lipinski definition) is 3. The van der Waals surface area contributed by atoms with Gasteiger partial charge in [-0.3, -0.25) is 9.79 Å². The number of hydrogen-bond donors (Lipinski definition) is 1. The summed E-state index contributed by atoms with van der Waals surface area (Å²) in [7, 11) is 2.09. The average Bonchev–Trinajstić information content (AvgIpc) is 3.08. The summed E-state index contributed by atoms with van der Waals surface area (Å²) >= 11 is 0. The Hall–Kier alpha value is -1.82. The van der Waals surface area contributed by atoms with Gasteiger partial charge in [0.15, 0.2) is 5.96 Å². The van der Waals surface area contributed by atoms with E-state index in [1.807, 2.05) is 23.6 Å². The Bertz CT molecular complexity index is 606. The van der Waals surface area contributed by atoms with E-state index in [0.717, 1.165) is 70.3 Å². The highest BCUT2D eigenvalue weighted by Gasteiger charge is 2.18. The standard InChI is InChI=1S/C19H32N4O2/c1-4-20-19(22(3)14-17-10-13-25-15-17)21-11-5-6-12-23-16(2)8-7-9-18(23)24/h7-9,17H,4-6,10-15H2,1-3H3,(H,20,21). The first-order valence-corrected chi connectivity index (χ1v) is 9.35. The van der Waals surface area contributed by atoms with Crippen molar-refractivity contribution in [1.29, 1.82) is 0 Å². The van der Waals surface area contributed by atoms with Crippen LogP contribution in [0.2, 0.25) is 0 Å². The highest BCUT2D eigenvalue weighted by molar-refractivity contribution is 5.79. The molecule has 0 bridgehead atoms. The predicted molar refractivity (Wildman–Crippen MR) is 102 cm³/mol. The van der Waals surface area contributed by atoms with Gasteiger partial charge in [0.25, 0.3) is 5.56 Å². The van der Waals surface area contributed by atoms with Gasteiger partial charge in [-0.1, -0.05) is 6.07 Å². The van der Waals surface area contributed by atoms with Crippen LogP contribution in [-0.4, -0.2) is 55.3 Å². The molecular weight excluding hydrogens is 316 g/mol. The fourth-order valence-electron chi connectivity index (χ4n) is 3.15. The van der Waals surface area contributed by atoms with E-state index >= 15 is 0 Å². The molecule has 1 aromatic rings. The van der Waals surface area contributed by atoms with Gasteiger partial charge in [-0.15, -0.1) is 0 Å². The van der Waals surface area contributed by atoms with E-state index in [0.29, 0.717) is 5.92 Å². The van der Waals surface area contributed by atoms with Crippen LogP contribution in [0, 0.1) is 12.8 Å². The van der Waals surface area contributed by atoms with E-state index in [4.69, 9.17) is 9.73 Å². The van der Waals surface area contributed by atoms with Crippen LogP contribution in [-0.2, 0) is 11.3 Å². The summed E-state index contributed by atoms with van der Waals surface area (Å²) in [6, 6.07) is 5.41. The SMILES string of the molecule is CCNC(=NCCCCn1c(C)cccc1=O)N(C)CC1CCOC1. The third kappa shape index (κ3) is 6.20. The molecule has 0 radical (unpaired) electrons. The second kappa shape index (κ2) is 10.2. The molecule has 1 aliphatic heterocycles. The Balaban J connectivity index is 1.79. The number of aromatic nitrogens is 1. The van der Waals surface area contributed by atoms with E-state index in [1.165, 1.54) is 0 Å². The second-order valence-corrected chi connectivity index (χ2v) is 6.71. The first-order valence-electron chi connectivity index (χ1n) is 9.35. The summed E-state index contributed by atoms with van der Waals surface area (Å²) < 4.78 is 7.29. The molecule has 1 atom stereocenters. The maximum Gasteiger partial charge on any atom is 0.250 e. The lowest BCUT2D eigenvalue weighted by atomic mass is 10.1. The molecule has 0 spiro atoms. The third-order valence-electron chi connectivity index (χ3n) is 4.57. The molecule has 1 N–H and O–H groups in total. The van der Waals surface area contributed by atoms with Crippen molar-refractivity contribution in [2.45, 2.75) is 39.7 Å². The van der Waals surface area contributed by atoms with E-state index in [-0.39, 0.29) is 5.56 Å². The van der Waals surface area contributed by atoms with Crippen LogP contribution in [0.4, 0.5) is 0 Å². The number of nitrogens with zero attached hydrogens (tertiary/aromatic N) is 3. The van der Waals surface area contributed by atoms with Gasteiger partial charge >= 0.3 is 0 Å². The van der Waals surface area contributed by atoms with Crippen molar-refractivity contribution in [3.8, 4) is 0 Å². The molecule has 6 heteroatoms. The monoisotopic (exact) mass is 348 g/mol. The zero-order valence-electron chi connectivity index (χ0n) is 15.8. The first-order chi connectivity index (χ1) is 12.1. The van der Waals surface area contributed by atoms with Crippen LogP contribution in [0.1, 0.15) is 31.9 Å². The number of guanidine groups is 1. The zero-order valence-corrected chi connectivity index (χ0v) is 15.8. The minimum atomic E-state index is 0.0790. The number of ether oxygens (including phenoxy) is 1. The van der Waals surface area contributed by atoms with Gasteiger partial charge in [0.05, 0.1) is 6.61 Å². The average molecular weight is 348 g/mol. The molecule has 1 unspecified atom stereocenters. The van der Waals surface area contributed by atoms with Gasteiger partial charge < -0.3 is 19.5 Å². The predicted octanol–water partition coefficient (Wildman–Crippen LogP) is 1.87. The van der Waals surface area contributed by atoms with Crippen LogP contribution in [0.3, 0.4) is 0 Å². The number of nitrogens with one attached hydrogen (secondary N) is 1. The zero-order chi connectivity index (χ0) is 18.1. The molecule has 2 rings (SSSR count). The number of rotatable bonds is 8. The second-order valence-electron chi connectivity index (χ2n) is 6.71. The van der Waals surface area contributed by atoms with Gasteiger partial charge in [-0.25, -0.2) is 0 Å². The van der Waals surface area contributed by atoms with Crippen LogP contribution in [0.15, 0.2) is 28.0 Å². The van der Waals surface area contributed by atoms with E-state index in [2.05, 4.69) is 24.2 Å². The van der Waals surface area contributed by atoms with Gasteiger partial charge in [-0.2, -0.15) is 0 Å². The summed E-state index contributed by atoms with van der Waals surface area (Å²) in [5, 5.41) is 3.36. The van der Waals surface area contributed by atoms with Crippen LogP contribution in [0.25, 0.3) is 0 Å². The van der Waals surface area contributed by atoms with Crippen molar-refractivity contribution < 1.29 is 4.74 Å². The topological polar surface area (TPSA) is 58.9 Å². The highest BCUT2D eigenvalue weighted by Crippen LogP contribution is 2.13. The molecule has 140 valence electrons. The Morgan fingerprint density at radius 2 is 2.28 bits per heavy atom. The molecule has 6 nitrogen and oxygen atoms in total. The van der Waals surface area contributed by atoms with Crippen molar-refractivity contribution in [3.05, 3.63) is 34.2 Å². The van der Waals surface area contributed by atoms with Crippen molar-refractivity contribution in [1.82, 2.24) is 14.8 Å². The lowest BCUT2D eigenvalue weighted by Crippen LogP contribution is -2.41. The maximum atomic E-state index is 11.9. The normalized spacial score (nSPS) is 17.7. The Kier molecular flexibility index (Phi) is 7.98. The van der Waals surface area contributed by atoms with E-state index < -0.39 is 0 Å². The van der Waals surface area contributed by atoms with Crippen LogP contribution in [0.5, 0.6) is 0 Å². The molecule has 1 aliphatic rings. The molecule has 0 aliphatic carbocycles. The summed E-state index contributed by atoms with van der Waals surface area (Å²) in [6.07, 6.45) is 3.05. The molecule has 0 aromatic carbocycles. The maximum absolute atomic E-state index is 11.9. The largest absolute Gasteiger partial charge is 0.381 e. The number of aliphatic imine (C=N–C) groups is 1. The van der Waals surface area contributed by atoms with E-state index in [1.54, 1.807) is 6.07 Å². The fraction of sp³-hybridized carbons (Fsp3) is 0.684. The number of aryl methyl sites for hydroxylation is 1. The van der Waals surface area contributed by atoms with Crippen molar-refractivity contribution in [2.75, 3.05) is 39.9 Å². The molecule has 0 amide bonds. The van der Waals surface area contributed by atoms with Crippen LogP contribution >= 0.6 is 0 Å². The number of unbranched alkanes of at least 4 members (excludes halogenated alkanes) is 1. The van der Waals surface area contributed by atoms with E-state index in [9.17, 15) is 4.79 Å². The third-order valence-corrected chi connectivity index (χ3v) is 4.57. The van der Waals surface area contributed by atoms with Crippen molar-refractivity contribution >= 4 is 5.96 Å². The Morgan fingerprint density at radius 3 is 2.96 bits per heavy atom. The first kappa shape index (κ1) is 19.5. The summed E-state index contributed by atoms with van der Waals surface area (Å²) in [6.45, 7) is 9.17. The molecular formula is C19H32N4O2. The van der Waals surface area contributed by atoms with Gasteiger partial charge in [-0.05, 0) is 39.2 Å². The molecule has 0 saturated carbocycles. The number of pyridine rings is 1. The van der Waals surface area contributed by atoms with Crippen molar-refractivity contribution in [3.63, 3.8) is 0 Å². The van der Waals surface area contributed by atoms with Gasteiger partial charge in [0.1, 0.15) is 0 Å². The van der Waals surface area contributed by atoms with Crippen LogP contribution < -0.4 is 10.9 Å². The lowest BCUT2D eigenvalue weighted by Gasteiger charge is -2.24. The van der Waals surface area contributed by atoms with Gasteiger partial charge in [0, 0.05) is 57.5 Å². The molecule has 1 saturated heterocycles. The lowest BCUT2D eigenvalue weighted by molar-refractivity contribution is 0.181. The summed E-state index contributed by atoms with van der Waals surface area (Å²) in [4.78, 5) is 18.8. The fourth-order valence-corrected chi connectivity index (χ4v) is 3.15. The summed E-state index contributed by atoms with van der Waals surface area (Å²) in [5.74, 6) is 1.56. The molecule has 25 heavy (non-hydrogen) atoms. The molecule has 1 aromatic heterocycles. The van der Waals surface area contributed by atoms with Crippen molar-refractivity contribution in [2.24, 2.45) is 10.9 Å². The molecule has 2 heterocycles. The highest BCUT2D eigenvalue weighted by atomic mass is 16.5. The quantitative estimate of drug-likeness (QED) is 0.443. The molecule has 1 fully saturated rings. The minimum absolute atomic E-state index is 0.0790. The minimum Gasteiger partial charge on any atom is -0.381 e.